The Bertz CT molecular complexity index is 884. The van der Waals surface area contributed by atoms with Gasteiger partial charge in [-0.1, -0.05) is 32.0 Å². The van der Waals surface area contributed by atoms with E-state index >= 15 is 0 Å². The third kappa shape index (κ3) is 6.98. The van der Waals surface area contributed by atoms with Crippen molar-refractivity contribution in [1.29, 1.82) is 0 Å². The molecule has 1 N–H and O–H groups in total. The molecule has 0 heterocycles. The van der Waals surface area contributed by atoms with E-state index in [9.17, 15) is 14.0 Å². The van der Waals surface area contributed by atoms with Crippen molar-refractivity contribution in [3.63, 3.8) is 0 Å². The minimum Gasteiger partial charge on any atom is -0.493 e. The van der Waals surface area contributed by atoms with Crippen molar-refractivity contribution < 1.29 is 23.5 Å². The molecule has 7 heteroatoms. The molecule has 0 spiro atoms. The smallest absolute Gasteiger partial charge is 0.242 e. The molecule has 0 fully saturated rings. The lowest BCUT2D eigenvalue weighted by atomic mass is 10.1. The number of ether oxygens (including phenoxy) is 2. The Balaban J connectivity index is 2.24. The van der Waals surface area contributed by atoms with Gasteiger partial charge >= 0.3 is 0 Å². The van der Waals surface area contributed by atoms with Crippen LogP contribution in [-0.2, 0) is 22.6 Å². The Kier molecular flexibility index (Phi) is 8.85. The monoisotopic (exact) mass is 430 g/mol. The van der Waals surface area contributed by atoms with Crippen molar-refractivity contribution in [2.75, 3.05) is 20.8 Å². The van der Waals surface area contributed by atoms with Gasteiger partial charge in [0.15, 0.2) is 11.5 Å². The van der Waals surface area contributed by atoms with Crippen molar-refractivity contribution in [3.8, 4) is 11.5 Å². The van der Waals surface area contributed by atoms with Gasteiger partial charge in [-0.25, -0.2) is 4.39 Å². The van der Waals surface area contributed by atoms with Gasteiger partial charge in [0.2, 0.25) is 11.8 Å². The molecule has 2 rings (SSSR count). The predicted molar refractivity (Wildman–Crippen MR) is 118 cm³/mol. The second kappa shape index (κ2) is 11.3. The fourth-order valence-electron chi connectivity index (χ4n) is 3.09. The number of nitrogens with zero attached hydrogens (tertiary/aromatic N) is 1. The summed E-state index contributed by atoms with van der Waals surface area (Å²) in [7, 11) is 3.08. The van der Waals surface area contributed by atoms with Gasteiger partial charge in [0.1, 0.15) is 11.9 Å². The van der Waals surface area contributed by atoms with E-state index in [4.69, 9.17) is 9.47 Å². The van der Waals surface area contributed by atoms with Gasteiger partial charge in [0, 0.05) is 13.1 Å². The van der Waals surface area contributed by atoms with Crippen LogP contribution in [0.3, 0.4) is 0 Å². The van der Waals surface area contributed by atoms with Gasteiger partial charge in [-0.05, 0) is 48.2 Å². The van der Waals surface area contributed by atoms with Crippen LogP contribution in [-0.4, -0.2) is 43.5 Å². The summed E-state index contributed by atoms with van der Waals surface area (Å²) in [6.45, 7) is 6.43. The van der Waals surface area contributed by atoms with Crippen LogP contribution in [0, 0.1) is 11.7 Å². The Morgan fingerprint density at radius 1 is 0.968 bits per heavy atom. The van der Waals surface area contributed by atoms with Crippen molar-refractivity contribution in [2.45, 2.75) is 39.8 Å². The molecule has 0 saturated heterocycles. The van der Waals surface area contributed by atoms with Crippen LogP contribution in [0.15, 0.2) is 42.5 Å². The molecule has 0 aromatic heterocycles. The molecule has 0 bridgehead atoms. The molecule has 2 amide bonds. The Labute approximate surface area is 183 Å². The zero-order valence-corrected chi connectivity index (χ0v) is 18.8. The number of nitrogens with one attached hydrogen (secondary N) is 1. The van der Waals surface area contributed by atoms with Gasteiger partial charge in [0.05, 0.1) is 20.6 Å². The first kappa shape index (κ1) is 24.2. The predicted octanol–water partition coefficient (Wildman–Crippen LogP) is 3.57. The van der Waals surface area contributed by atoms with E-state index in [0.717, 1.165) is 11.1 Å². The highest BCUT2D eigenvalue weighted by atomic mass is 19.1. The summed E-state index contributed by atoms with van der Waals surface area (Å²) in [4.78, 5) is 27.4. The SMILES string of the molecule is COc1ccc(CC(=O)N(Cc2ccc(F)cc2)[C@H](C)C(=O)NCC(C)C)cc1OC. The van der Waals surface area contributed by atoms with Gasteiger partial charge in [-0.3, -0.25) is 9.59 Å². The van der Waals surface area contributed by atoms with Crippen LogP contribution in [0.4, 0.5) is 4.39 Å². The number of methoxy groups -OCH3 is 2. The number of carbonyl (C=O) groups excluding carboxylic acids is 2. The summed E-state index contributed by atoms with van der Waals surface area (Å²) in [5.74, 6) is 0.600. The summed E-state index contributed by atoms with van der Waals surface area (Å²) < 4.78 is 23.9. The number of carbonyl (C=O) groups is 2. The van der Waals surface area contributed by atoms with Gasteiger partial charge in [0.25, 0.3) is 0 Å². The summed E-state index contributed by atoms with van der Waals surface area (Å²) in [6, 6.07) is 10.5. The van der Waals surface area contributed by atoms with Crippen LogP contribution >= 0.6 is 0 Å². The average molecular weight is 431 g/mol. The van der Waals surface area contributed by atoms with E-state index in [0.29, 0.717) is 24.0 Å². The van der Waals surface area contributed by atoms with E-state index < -0.39 is 6.04 Å². The summed E-state index contributed by atoms with van der Waals surface area (Å²) >= 11 is 0. The molecule has 6 nitrogen and oxygen atoms in total. The Morgan fingerprint density at radius 3 is 2.16 bits per heavy atom. The van der Waals surface area contributed by atoms with Crippen molar-refractivity contribution >= 4 is 11.8 Å². The summed E-state index contributed by atoms with van der Waals surface area (Å²) in [6.07, 6.45) is 0.0867. The van der Waals surface area contributed by atoms with Crippen molar-refractivity contribution in [3.05, 3.63) is 59.4 Å². The summed E-state index contributed by atoms with van der Waals surface area (Å²) in [5.41, 5.74) is 1.48. The van der Waals surface area contributed by atoms with Gasteiger partial charge in [-0.2, -0.15) is 0 Å². The molecule has 0 aliphatic heterocycles. The maximum atomic E-state index is 13.3. The van der Waals surface area contributed by atoms with E-state index in [-0.39, 0.29) is 30.6 Å². The lowest BCUT2D eigenvalue weighted by Gasteiger charge is -2.29. The number of hydrogen-bond acceptors (Lipinski definition) is 4. The molecule has 0 aliphatic carbocycles. The zero-order chi connectivity index (χ0) is 23.0. The quantitative estimate of drug-likeness (QED) is 0.626. The highest BCUT2D eigenvalue weighted by Crippen LogP contribution is 2.28. The van der Waals surface area contributed by atoms with Crippen LogP contribution < -0.4 is 14.8 Å². The fourth-order valence-corrected chi connectivity index (χ4v) is 3.09. The molecule has 31 heavy (non-hydrogen) atoms. The molecular weight excluding hydrogens is 399 g/mol. The maximum absolute atomic E-state index is 13.3. The lowest BCUT2D eigenvalue weighted by Crippen LogP contribution is -2.48. The van der Waals surface area contributed by atoms with Gasteiger partial charge < -0.3 is 19.7 Å². The molecule has 168 valence electrons. The molecule has 2 aromatic rings. The largest absolute Gasteiger partial charge is 0.493 e. The number of hydrogen-bond donors (Lipinski definition) is 1. The Hall–Kier alpha value is -3.09. The first-order chi connectivity index (χ1) is 14.7. The molecular formula is C24H31FN2O4. The normalized spacial score (nSPS) is 11.7. The second-order valence-electron chi connectivity index (χ2n) is 7.83. The fraction of sp³-hybridized carbons (Fsp3) is 0.417. The van der Waals surface area contributed by atoms with Crippen LogP contribution in [0.5, 0.6) is 11.5 Å². The molecule has 0 radical (unpaired) electrons. The standard InChI is InChI=1S/C24H31FN2O4/c1-16(2)14-26-24(29)17(3)27(15-18-6-9-20(25)10-7-18)23(28)13-19-8-11-21(30-4)22(12-19)31-5/h6-12,16-17H,13-15H2,1-5H3,(H,26,29)/t17-/m1/s1. The highest BCUT2D eigenvalue weighted by Gasteiger charge is 2.26. The molecule has 1 atom stereocenters. The van der Waals surface area contributed by atoms with Crippen molar-refractivity contribution in [1.82, 2.24) is 10.2 Å². The number of halogens is 1. The first-order valence-electron chi connectivity index (χ1n) is 10.3. The van der Waals surface area contributed by atoms with E-state index in [1.54, 1.807) is 44.4 Å². The first-order valence-corrected chi connectivity index (χ1v) is 10.3. The van der Waals surface area contributed by atoms with Crippen molar-refractivity contribution in [2.24, 2.45) is 5.92 Å². The van der Waals surface area contributed by atoms with Crippen LogP contribution in [0.25, 0.3) is 0 Å². The molecule has 2 aromatic carbocycles. The lowest BCUT2D eigenvalue weighted by molar-refractivity contribution is -0.140. The summed E-state index contributed by atoms with van der Waals surface area (Å²) in [5, 5.41) is 2.88. The third-order valence-electron chi connectivity index (χ3n) is 4.92. The number of rotatable bonds is 10. The van der Waals surface area contributed by atoms with Gasteiger partial charge in [-0.15, -0.1) is 0 Å². The number of amides is 2. The van der Waals surface area contributed by atoms with Crippen LogP contribution in [0.1, 0.15) is 31.9 Å². The molecule has 0 unspecified atom stereocenters. The number of benzene rings is 2. The third-order valence-corrected chi connectivity index (χ3v) is 4.92. The van der Waals surface area contributed by atoms with Crippen LogP contribution in [0.2, 0.25) is 0 Å². The van der Waals surface area contributed by atoms with E-state index in [2.05, 4.69) is 5.32 Å². The van der Waals surface area contributed by atoms with E-state index in [1.807, 2.05) is 13.8 Å². The molecule has 0 aliphatic rings. The second-order valence-corrected chi connectivity index (χ2v) is 7.83. The molecule has 0 saturated carbocycles. The minimum atomic E-state index is -0.684. The van der Waals surface area contributed by atoms with E-state index in [1.165, 1.54) is 24.1 Å². The average Bonchev–Trinajstić information content (AvgIpc) is 2.76. The Morgan fingerprint density at radius 2 is 1.58 bits per heavy atom. The highest BCUT2D eigenvalue weighted by molar-refractivity contribution is 5.88. The zero-order valence-electron chi connectivity index (χ0n) is 18.8. The minimum absolute atomic E-state index is 0.0867. The maximum Gasteiger partial charge on any atom is 0.242 e. The topological polar surface area (TPSA) is 67.9 Å².